The minimum atomic E-state index is -0.811. The zero-order valence-electron chi connectivity index (χ0n) is 20.2. The van der Waals surface area contributed by atoms with Crippen LogP contribution in [0, 0.1) is 0 Å². The van der Waals surface area contributed by atoms with Crippen LogP contribution >= 0.6 is 0 Å². The van der Waals surface area contributed by atoms with Gasteiger partial charge < -0.3 is 20.1 Å². The van der Waals surface area contributed by atoms with E-state index in [9.17, 15) is 9.59 Å². The Morgan fingerprint density at radius 3 is 1.81 bits per heavy atom. The number of hydrogen-bond donors (Lipinski definition) is 3. The van der Waals surface area contributed by atoms with Crippen molar-refractivity contribution in [2.75, 3.05) is 13.1 Å². The van der Waals surface area contributed by atoms with Gasteiger partial charge in [0.25, 0.3) is 0 Å². The van der Waals surface area contributed by atoms with Crippen molar-refractivity contribution in [3.63, 3.8) is 0 Å². The highest BCUT2D eigenvalue weighted by molar-refractivity contribution is 5.98. The standard InChI is InChI=1S/C28H32N4O4/c33-27(35-21-24-14-6-2-7-15-24)31-26(32-28(34)36-22-25-16-8-3-9-17-25)30-19-11-10-18-29-20-23-12-4-1-5-13-23/h1-9,12-17,29H,10-11,18-22H2,(H2,30,31,32,33,34). The average Bonchev–Trinajstić information content (AvgIpc) is 2.92. The number of amides is 2. The molecule has 0 heterocycles. The molecule has 0 spiro atoms. The maximum atomic E-state index is 12.3. The normalized spacial score (nSPS) is 10.9. The third kappa shape index (κ3) is 10.8. The Balaban J connectivity index is 1.44. The molecule has 0 saturated heterocycles. The number of ether oxygens (including phenoxy) is 2. The van der Waals surface area contributed by atoms with Crippen molar-refractivity contribution in [3.8, 4) is 0 Å². The van der Waals surface area contributed by atoms with Gasteiger partial charge >= 0.3 is 12.2 Å². The summed E-state index contributed by atoms with van der Waals surface area (Å²) in [4.78, 5) is 28.4. The van der Waals surface area contributed by atoms with Gasteiger partial charge in [0.15, 0.2) is 0 Å². The molecule has 0 saturated carbocycles. The zero-order valence-corrected chi connectivity index (χ0v) is 20.2. The van der Waals surface area contributed by atoms with E-state index in [1.165, 1.54) is 5.56 Å². The molecule has 0 aliphatic rings. The Morgan fingerprint density at radius 1 is 0.667 bits per heavy atom. The van der Waals surface area contributed by atoms with Crippen molar-refractivity contribution in [2.45, 2.75) is 32.6 Å². The summed E-state index contributed by atoms with van der Waals surface area (Å²) in [5, 5.41) is 8.89. The van der Waals surface area contributed by atoms with Crippen molar-refractivity contribution in [2.24, 2.45) is 4.99 Å². The molecule has 8 nitrogen and oxygen atoms in total. The summed E-state index contributed by atoms with van der Waals surface area (Å²) in [5.41, 5.74) is 2.93. The molecule has 0 bridgehead atoms. The van der Waals surface area contributed by atoms with Crippen molar-refractivity contribution in [3.05, 3.63) is 108 Å². The zero-order chi connectivity index (χ0) is 25.3. The molecule has 0 aliphatic heterocycles. The van der Waals surface area contributed by atoms with Crippen LogP contribution in [0.3, 0.4) is 0 Å². The number of nitrogens with one attached hydrogen (secondary N) is 3. The van der Waals surface area contributed by atoms with E-state index in [2.05, 4.69) is 33.1 Å². The average molecular weight is 489 g/mol. The third-order valence-electron chi connectivity index (χ3n) is 5.09. The van der Waals surface area contributed by atoms with E-state index in [0.29, 0.717) is 6.54 Å². The topological polar surface area (TPSA) is 101 Å². The quantitative estimate of drug-likeness (QED) is 0.204. The molecular weight excluding hydrogens is 456 g/mol. The van der Waals surface area contributed by atoms with Crippen molar-refractivity contribution in [1.29, 1.82) is 0 Å². The summed E-state index contributed by atoms with van der Waals surface area (Å²) in [7, 11) is 0. The Labute approximate surface area is 211 Å². The van der Waals surface area contributed by atoms with Crippen molar-refractivity contribution >= 4 is 18.1 Å². The summed E-state index contributed by atoms with van der Waals surface area (Å²) in [6.07, 6.45) is 0.185. The predicted molar refractivity (Wildman–Crippen MR) is 139 cm³/mol. The SMILES string of the molecule is O=C(/N=C(\NCCCCNCc1ccccc1)NC(=O)OCc1ccccc1)OCc1ccccc1. The lowest BCUT2D eigenvalue weighted by Gasteiger charge is -2.12. The molecule has 0 radical (unpaired) electrons. The number of guanidine groups is 1. The van der Waals surface area contributed by atoms with E-state index in [4.69, 9.17) is 9.47 Å². The first kappa shape index (κ1) is 26.4. The Bertz CT molecular complexity index is 1080. The molecule has 0 aromatic heterocycles. The van der Waals surface area contributed by atoms with Crippen LogP contribution in [0.15, 0.2) is 96.0 Å². The summed E-state index contributed by atoms with van der Waals surface area (Å²) in [6.45, 7) is 2.35. The van der Waals surface area contributed by atoms with Gasteiger partial charge in [-0.1, -0.05) is 91.0 Å². The lowest BCUT2D eigenvalue weighted by molar-refractivity contribution is 0.144. The van der Waals surface area contributed by atoms with Gasteiger partial charge in [-0.2, -0.15) is 0 Å². The van der Waals surface area contributed by atoms with Crippen molar-refractivity contribution in [1.82, 2.24) is 16.0 Å². The van der Waals surface area contributed by atoms with Crippen LogP contribution in [0.4, 0.5) is 9.59 Å². The van der Waals surface area contributed by atoms with E-state index in [1.54, 1.807) is 0 Å². The van der Waals surface area contributed by atoms with Gasteiger partial charge in [0.05, 0.1) is 0 Å². The molecule has 0 fully saturated rings. The molecule has 3 aromatic rings. The monoisotopic (exact) mass is 488 g/mol. The molecule has 0 atom stereocenters. The van der Waals surface area contributed by atoms with Gasteiger partial charge in [0, 0.05) is 13.1 Å². The van der Waals surface area contributed by atoms with Gasteiger partial charge in [-0.3, -0.25) is 5.32 Å². The first-order valence-electron chi connectivity index (χ1n) is 11.9. The number of rotatable bonds is 11. The van der Waals surface area contributed by atoms with Crippen molar-refractivity contribution < 1.29 is 19.1 Å². The Morgan fingerprint density at radius 2 is 1.19 bits per heavy atom. The fourth-order valence-electron chi connectivity index (χ4n) is 3.22. The second-order valence-electron chi connectivity index (χ2n) is 7.98. The van der Waals surface area contributed by atoms with E-state index < -0.39 is 12.2 Å². The maximum absolute atomic E-state index is 12.3. The molecule has 3 N–H and O–H groups in total. The number of benzene rings is 3. The lowest BCUT2D eigenvalue weighted by atomic mass is 10.2. The second-order valence-corrected chi connectivity index (χ2v) is 7.98. The fourth-order valence-corrected chi connectivity index (χ4v) is 3.22. The van der Waals surface area contributed by atoms with Gasteiger partial charge in [-0.05, 0) is 36.1 Å². The van der Waals surface area contributed by atoms with E-state index in [1.807, 2.05) is 78.9 Å². The number of nitrogens with zero attached hydrogens (tertiary/aromatic N) is 1. The van der Waals surface area contributed by atoms with E-state index >= 15 is 0 Å². The number of hydrogen-bond acceptors (Lipinski definition) is 5. The molecule has 0 aliphatic carbocycles. The lowest BCUT2D eigenvalue weighted by Crippen LogP contribution is -2.42. The largest absolute Gasteiger partial charge is 0.444 e. The van der Waals surface area contributed by atoms with Gasteiger partial charge in [-0.15, -0.1) is 4.99 Å². The van der Waals surface area contributed by atoms with Gasteiger partial charge in [0.2, 0.25) is 5.96 Å². The van der Waals surface area contributed by atoms with Crippen LogP contribution < -0.4 is 16.0 Å². The van der Waals surface area contributed by atoms with Crippen LogP contribution in [0.2, 0.25) is 0 Å². The summed E-state index contributed by atoms with van der Waals surface area (Å²) >= 11 is 0. The highest BCUT2D eigenvalue weighted by Gasteiger charge is 2.11. The van der Waals surface area contributed by atoms with Crippen LogP contribution in [0.5, 0.6) is 0 Å². The number of carbonyl (C=O) groups is 2. The van der Waals surface area contributed by atoms with Crippen LogP contribution in [0.1, 0.15) is 29.5 Å². The molecule has 36 heavy (non-hydrogen) atoms. The summed E-state index contributed by atoms with van der Waals surface area (Å²) < 4.78 is 10.4. The number of aliphatic imine (C=N–C) groups is 1. The fraction of sp³-hybridized carbons (Fsp3) is 0.250. The molecule has 3 aromatic carbocycles. The summed E-state index contributed by atoms with van der Waals surface area (Å²) in [6, 6.07) is 28.8. The first-order valence-corrected chi connectivity index (χ1v) is 11.9. The maximum Gasteiger partial charge on any atom is 0.437 e. The smallest absolute Gasteiger partial charge is 0.437 e. The van der Waals surface area contributed by atoms with Crippen LogP contribution in [-0.2, 0) is 29.2 Å². The highest BCUT2D eigenvalue weighted by atomic mass is 16.6. The van der Waals surface area contributed by atoms with E-state index in [-0.39, 0.29) is 19.2 Å². The molecule has 188 valence electrons. The minimum absolute atomic E-state index is 0.0108. The third-order valence-corrected chi connectivity index (χ3v) is 5.09. The number of carbonyl (C=O) groups excluding carboxylic acids is 2. The van der Waals surface area contributed by atoms with E-state index in [0.717, 1.165) is 37.1 Å². The van der Waals surface area contributed by atoms with Gasteiger partial charge in [-0.25, -0.2) is 9.59 Å². The highest BCUT2D eigenvalue weighted by Crippen LogP contribution is 2.03. The molecule has 8 heteroatoms. The molecule has 2 amide bonds. The number of unbranched alkanes of at least 4 members (excludes halogenated alkanes) is 1. The number of alkyl carbamates (subject to hydrolysis) is 1. The Hall–Kier alpha value is -4.17. The van der Waals surface area contributed by atoms with Crippen LogP contribution in [0.25, 0.3) is 0 Å². The van der Waals surface area contributed by atoms with Gasteiger partial charge in [0.1, 0.15) is 13.2 Å². The summed E-state index contributed by atoms with van der Waals surface area (Å²) in [5.74, 6) is -0.0108. The minimum Gasteiger partial charge on any atom is -0.444 e. The Kier molecular flexibility index (Phi) is 11.5. The predicted octanol–water partition coefficient (Wildman–Crippen LogP) is 4.77. The molecular formula is C28H32N4O4. The second kappa shape index (κ2) is 15.7. The first-order chi connectivity index (χ1) is 17.7. The van der Waals surface area contributed by atoms with Crippen LogP contribution in [-0.4, -0.2) is 31.2 Å². The molecule has 3 rings (SSSR count). The molecule has 0 unspecified atom stereocenters.